The third-order valence-corrected chi connectivity index (χ3v) is 6.35. The number of allylic oxidation sites excluding steroid dienone is 3. The largest absolute Gasteiger partial charge is 0.607 e. The summed E-state index contributed by atoms with van der Waals surface area (Å²) in [6.07, 6.45) is -2.38. The number of aromatic nitrogens is 1. The van der Waals surface area contributed by atoms with Crippen LogP contribution >= 0.6 is 43.5 Å². The number of nitrogens with zero attached hydrogens (tertiary/aromatic N) is 1. The van der Waals surface area contributed by atoms with Crippen molar-refractivity contribution >= 4 is 54.6 Å². The first-order chi connectivity index (χ1) is 12.1. The van der Waals surface area contributed by atoms with E-state index in [1.54, 1.807) is 0 Å². The maximum atomic E-state index is 13.8. The highest BCUT2D eigenvalue weighted by Crippen LogP contribution is 2.53. The summed E-state index contributed by atoms with van der Waals surface area (Å²) in [6.45, 7) is 0. The Labute approximate surface area is 173 Å². The summed E-state index contributed by atoms with van der Waals surface area (Å²) in [4.78, 5) is 2.81. The maximum absolute atomic E-state index is 13.8. The minimum atomic E-state index is -6.59. The second-order valence-electron chi connectivity index (χ2n) is 5.19. The van der Waals surface area contributed by atoms with Gasteiger partial charge < -0.3 is 4.55 Å². The molecule has 2 rings (SSSR count). The van der Waals surface area contributed by atoms with E-state index >= 15 is 0 Å². The third kappa shape index (κ3) is 4.19. The lowest BCUT2D eigenvalue weighted by Crippen LogP contribution is -2.56. The fourth-order valence-electron chi connectivity index (χ4n) is 2.03. The fraction of sp³-hybridized carbons (Fsp3) is 0.286. The van der Waals surface area contributed by atoms with E-state index in [9.17, 15) is 35.3 Å². The number of hydrogen-bond donors (Lipinski definition) is 0. The van der Waals surface area contributed by atoms with Gasteiger partial charge in [0, 0.05) is 28.7 Å². The van der Waals surface area contributed by atoms with Crippen LogP contribution < -0.4 is 0 Å². The lowest BCUT2D eigenvalue weighted by Gasteiger charge is -2.32. The van der Waals surface area contributed by atoms with E-state index in [4.69, 9.17) is 11.6 Å². The lowest BCUT2D eigenvalue weighted by molar-refractivity contribution is -0.331. The van der Waals surface area contributed by atoms with E-state index in [1.165, 1.54) is 24.8 Å². The minimum Gasteiger partial charge on any atom is -0.607 e. The Balaban J connectivity index is 2.53. The summed E-state index contributed by atoms with van der Waals surface area (Å²) < 4.78 is 102. The Morgan fingerprint density at radius 3 is 2.26 bits per heavy atom. The average Bonchev–Trinajstić information content (AvgIpc) is 2.52. The number of alkyl halides is 8. The van der Waals surface area contributed by atoms with Gasteiger partial charge in [-0.05, 0) is 12.1 Å². The van der Waals surface area contributed by atoms with Crippen molar-refractivity contribution in [2.75, 3.05) is 0 Å². The zero-order valence-corrected chi connectivity index (χ0v) is 17.3. The summed E-state index contributed by atoms with van der Waals surface area (Å²) in [5, 5.41) is -6.01. The second-order valence-corrected chi connectivity index (χ2v) is 9.30. The zero-order chi connectivity index (χ0) is 20.8. The summed E-state index contributed by atoms with van der Waals surface area (Å²) in [7, 11) is 0. The highest BCUT2D eigenvalue weighted by molar-refractivity contribution is 9.12. The van der Waals surface area contributed by atoms with Gasteiger partial charge in [-0.3, -0.25) is 0 Å². The average molecular weight is 565 g/mol. The first kappa shape index (κ1) is 23.0. The molecular weight excluding hydrogens is 558 g/mol. The maximum Gasteiger partial charge on any atom is 0.486 e. The standard InChI is InChI=1S/C14H6Br2ClF7NOS/c15-7-4-8(27(26)14(23,24)12(18,19)13(20,21)22)6-11(16,5-7)9-2-1-3-25-10(9)17/h1-6H. The summed E-state index contributed by atoms with van der Waals surface area (Å²) in [5.41, 5.74) is 0.164. The predicted octanol–water partition coefficient (Wildman–Crippen LogP) is 6.24. The van der Waals surface area contributed by atoms with Crippen molar-refractivity contribution in [1.29, 1.82) is 0 Å². The molecule has 1 radical (unpaired) electrons. The Hall–Kier alpha value is -0.300. The van der Waals surface area contributed by atoms with Gasteiger partial charge >= 0.3 is 17.4 Å². The lowest BCUT2D eigenvalue weighted by atomic mass is 9.93. The van der Waals surface area contributed by atoms with Crippen molar-refractivity contribution in [3.05, 3.63) is 57.0 Å². The minimum absolute atomic E-state index is 0.00345. The topological polar surface area (TPSA) is 36.0 Å². The number of rotatable bonds is 4. The normalized spacial score (nSPS) is 22.9. The van der Waals surface area contributed by atoms with Gasteiger partial charge in [-0.25, -0.2) is 4.98 Å². The van der Waals surface area contributed by atoms with Gasteiger partial charge in [0.15, 0.2) is 4.91 Å². The Bertz CT molecular complexity index is 802. The van der Waals surface area contributed by atoms with Crippen LogP contribution in [0.25, 0.3) is 0 Å². The van der Waals surface area contributed by atoms with Crippen molar-refractivity contribution in [3.8, 4) is 0 Å². The number of halogens is 10. The van der Waals surface area contributed by atoms with E-state index in [2.05, 4.69) is 36.8 Å². The molecular formula is C14H6Br2ClF7NOS. The molecule has 1 aromatic heterocycles. The summed E-state index contributed by atoms with van der Waals surface area (Å²) >= 11 is 7.96. The molecule has 0 bridgehead atoms. The highest BCUT2D eigenvalue weighted by atomic mass is 79.9. The van der Waals surface area contributed by atoms with Crippen LogP contribution in [0.4, 0.5) is 30.7 Å². The van der Waals surface area contributed by atoms with Gasteiger partial charge in [0.2, 0.25) is 0 Å². The van der Waals surface area contributed by atoms with Gasteiger partial charge in [0.1, 0.15) is 5.15 Å². The molecule has 0 aromatic carbocycles. The molecule has 0 fully saturated rings. The van der Waals surface area contributed by atoms with E-state index in [1.807, 2.05) is 0 Å². The summed E-state index contributed by atoms with van der Waals surface area (Å²) in [6, 6.07) is 2.84. The molecule has 0 saturated carbocycles. The van der Waals surface area contributed by atoms with E-state index in [0.717, 1.165) is 12.2 Å². The van der Waals surface area contributed by atoms with E-state index < -0.39 is 37.8 Å². The van der Waals surface area contributed by atoms with Crippen LogP contribution in [0.2, 0.25) is 5.15 Å². The molecule has 13 heteroatoms. The van der Waals surface area contributed by atoms with Crippen molar-refractivity contribution in [3.63, 3.8) is 0 Å². The van der Waals surface area contributed by atoms with Crippen LogP contribution in [0, 0.1) is 6.42 Å². The molecule has 0 aliphatic heterocycles. The first-order valence-corrected chi connectivity index (χ1v) is 9.75. The molecule has 0 N–H and O–H groups in total. The van der Waals surface area contributed by atoms with Crippen molar-refractivity contribution in [2.45, 2.75) is 21.7 Å². The molecule has 2 atom stereocenters. The van der Waals surface area contributed by atoms with Crippen molar-refractivity contribution in [2.24, 2.45) is 0 Å². The molecule has 1 aliphatic carbocycles. The monoisotopic (exact) mass is 562 g/mol. The SMILES string of the molecule is [O-][S+](C1=CC(Br)(c2cccnc2Cl)[CH]C(Br)=C1)C(F)(F)C(F)(F)C(F)(F)F. The highest BCUT2D eigenvalue weighted by Gasteiger charge is 2.80. The van der Waals surface area contributed by atoms with Gasteiger partial charge in [-0.2, -0.15) is 22.0 Å². The van der Waals surface area contributed by atoms with Gasteiger partial charge in [0.25, 0.3) is 0 Å². The molecule has 1 heterocycles. The molecule has 1 aromatic rings. The molecule has 1 aliphatic rings. The van der Waals surface area contributed by atoms with Crippen LogP contribution in [0.15, 0.2) is 39.9 Å². The van der Waals surface area contributed by atoms with Crippen LogP contribution in [-0.2, 0) is 15.5 Å². The first-order valence-electron chi connectivity index (χ1n) is 6.63. The molecule has 149 valence electrons. The molecule has 0 saturated heterocycles. The molecule has 2 nitrogen and oxygen atoms in total. The van der Waals surface area contributed by atoms with E-state index in [-0.39, 0.29) is 15.2 Å². The quantitative estimate of drug-likeness (QED) is 0.188. The second kappa shape index (κ2) is 7.51. The molecule has 2 unspecified atom stereocenters. The van der Waals surface area contributed by atoms with Crippen LogP contribution in [-0.4, -0.2) is 26.9 Å². The Morgan fingerprint density at radius 1 is 1.15 bits per heavy atom. The van der Waals surface area contributed by atoms with Crippen LogP contribution in [0.1, 0.15) is 5.56 Å². The zero-order valence-electron chi connectivity index (χ0n) is 12.5. The van der Waals surface area contributed by atoms with Crippen molar-refractivity contribution in [1.82, 2.24) is 4.98 Å². The smallest absolute Gasteiger partial charge is 0.486 e. The molecule has 27 heavy (non-hydrogen) atoms. The van der Waals surface area contributed by atoms with Crippen LogP contribution in [0.5, 0.6) is 0 Å². The summed E-state index contributed by atoms with van der Waals surface area (Å²) in [5.74, 6) is -6.51. The van der Waals surface area contributed by atoms with Gasteiger partial charge in [-0.1, -0.05) is 49.5 Å². The third-order valence-electron chi connectivity index (χ3n) is 3.32. The van der Waals surface area contributed by atoms with Crippen LogP contribution in [0.3, 0.4) is 0 Å². The Kier molecular flexibility index (Phi) is 6.39. The molecule has 0 spiro atoms. The molecule has 0 amide bonds. The number of pyridine rings is 1. The van der Waals surface area contributed by atoms with E-state index in [0.29, 0.717) is 0 Å². The van der Waals surface area contributed by atoms with Crippen molar-refractivity contribution < 1.29 is 35.3 Å². The Morgan fingerprint density at radius 2 is 1.74 bits per heavy atom. The van der Waals surface area contributed by atoms with Gasteiger partial charge in [-0.15, -0.1) is 8.78 Å². The number of hydrogen-bond acceptors (Lipinski definition) is 2. The fourth-order valence-corrected chi connectivity index (χ4v) is 5.62. The predicted molar refractivity (Wildman–Crippen MR) is 93.3 cm³/mol. The van der Waals surface area contributed by atoms with Gasteiger partial charge in [0.05, 0.1) is 15.5 Å².